The van der Waals surface area contributed by atoms with Gasteiger partial charge in [0.2, 0.25) is 0 Å². The van der Waals surface area contributed by atoms with Crippen LogP contribution < -0.4 is 5.73 Å². The van der Waals surface area contributed by atoms with Crippen LogP contribution in [0.25, 0.3) is 0 Å². The summed E-state index contributed by atoms with van der Waals surface area (Å²) in [5, 5.41) is 0. The number of morpholine rings is 1. The van der Waals surface area contributed by atoms with E-state index in [1.807, 2.05) is 0 Å². The quantitative estimate of drug-likeness (QED) is 0.857. The average molecular weight is 234 g/mol. The molecule has 1 aliphatic rings. The molecule has 0 amide bonds. The van der Waals surface area contributed by atoms with E-state index in [4.69, 9.17) is 10.5 Å². The Bertz CT molecular complexity index is 328. The lowest BCUT2D eigenvalue weighted by Gasteiger charge is -2.35. The molecule has 3 nitrogen and oxygen atoms in total. The summed E-state index contributed by atoms with van der Waals surface area (Å²) in [5.74, 6) is 0.438. The number of rotatable bonds is 4. The zero-order valence-corrected chi connectivity index (χ0v) is 10.5. The van der Waals surface area contributed by atoms with Gasteiger partial charge in [0.05, 0.1) is 12.7 Å². The van der Waals surface area contributed by atoms with Crippen LogP contribution in [0.4, 0.5) is 0 Å². The minimum atomic E-state index is 0.289. The Morgan fingerprint density at radius 2 is 2.18 bits per heavy atom. The van der Waals surface area contributed by atoms with Crippen LogP contribution in [-0.4, -0.2) is 37.2 Å². The summed E-state index contributed by atoms with van der Waals surface area (Å²) in [6.07, 6.45) is 0.289. The largest absolute Gasteiger partial charge is 0.375 e. The topological polar surface area (TPSA) is 38.5 Å². The molecule has 1 fully saturated rings. The minimum Gasteiger partial charge on any atom is -0.375 e. The molecule has 1 aromatic rings. The van der Waals surface area contributed by atoms with Crippen molar-refractivity contribution in [2.24, 2.45) is 11.7 Å². The fourth-order valence-electron chi connectivity index (χ4n) is 2.21. The number of hydrogen-bond acceptors (Lipinski definition) is 3. The SMILES string of the molecule is CC(CN)C1CN(Cc2ccccc2)CCO1. The number of nitrogens with zero attached hydrogens (tertiary/aromatic N) is 1. The molecule has 1 aliphatic heterocycles. The molecule has 1 saturated heterocycles. The van der Waals surface area contributed by atoms with E-state index in [1.54, 1.807) is 0 Å². The first-order valence-electron chi connectivity index (χ1n) is 6.37. The Hall–Kier alpha value is -0.900. The van der Waals surface area contributed by atoms with Gasteiger partial charge in [-0.05, 0) is 18.0 Å². The third kappa shape index (κ3) is 3.53. The minimum absolute atomic E-state index is 0.289. The first-order valence-corrected chi connectivity index (χ1v) is 6.37. The number of benzene rings is 1. The highest BCUT2D eigenvalue weighted by Gasteiger charge is 2.24. The normalized spacial score (nSPS) is 23.5. The van der Waals surface area contributed by atoms with Crippen molar-refractivity contribution < 1.29 is 4.74 Å². The summed E-state index contributed by atoms with van der Waals surface area (Å²) in [6.45, 7) is 6.70. The maximum atomic E-state index is 5.78. The van der Waals surface area contributed by atoms with E-state index in [0.717, 1.165) is 26.2 Å². The molecule has 2 N–H and O–H groups in total. The van der Waals surface area contributed by atoms with Crippen molar-refractivity contribution in [2.45, 2.75) is 19.6 Å². The average Bonchev–Trinajstić information content (AvgIpc) is 2.39. The van der Waals surface area contributed by atoms with Gasteiger partial charge >= 0.3 is 0 Å². The van der Waals surface area contributed by atoms with Crippen LogP contribution in [0.15, 0.2) is 30.3 Å². The summed E-state index contributed by atoms with van der Waals surface area (Å²) < 4.78 is 5.78. The third-order valence-corrected chi connectivity index (χ3v) is 3.43. The van der Waals surface area contributed by atoms with E-state index in [0.29, 0.717) is 12.5 Å². The van der Waals surface area contributed by atoms with Crippen LogP contribution in [0.5, 0.6) is 0 Å². The van der Waals surface area contributed by atoms with Gasteiger partial charge < -0.3 is 10.5 Å². The Labute approximate surface area is 104 Å². The van der Waals surface area contributed by atoms with Crippen LogP contribution in [0, 0.1) is 5.92 Å². The maximum absolute atomic E-state index is 5.78. The van der Waals surface area contributed by atoms with Crippen molar-refractivity contribution in [3.8, 4) is 0 Å². The summed E-state index contributed by atoms with van der Waals surface area (Å²) >= 11 is 0. The van der Waals surface area contributed by atoms with Gasteiger partial charge in [0.1, 0.15) is 0 Å². The van der Waals surface area contributed by atoms with Gasteiger partial charge in [0.15, 0.2) is 0 Å². The Morgan fingerprint density at radius 1 is 1.41 bits per heavy atom. The number of nitrogens with two attached hydrogens (primary N) is 1. The molecular weight excluding hydrogens is 212 g/mol. The molecule has 0 saturated carbocycles. The number of hydrogen-bond donors (Lipinski definition) is 1. The molecule has 1 heterocycles. The zero-order valence-electron chi connectivity index (χ0n) is 10.5. The van der Waals surface area contributed by atoms with Crippen LogP contribution in [0.1, 0.15) is 12.5 Å². The molecule has 0 aliphatic carbocycles. The summed E-state index contributed by atoms with van der Waals surface area (Å²) in [7, 11) is 0. The Kier molecular flexibility index (Phi) is 4.54. The second-order valence-electron chi connectivity index (χ2n) is 4.84. The maximum Gasteiger partial charge on any atom is 0.0740 e. The predicted molar refractivity (Wildman–Crippen MR) is 69.7 cm³/mol. The fourth-order valence-corrected chi connectivity index (χ4v) is 2.21. The lowest BCUT2D eigenvalue weighted by Crippen LogP contribution is -2.46. The van der Waals surface area contributed by atoms with E-state index in [2.05, 4.69) is 42.2 Å². The molecule has 2 atom stereocenters. The van der Waals surface area contributed by atoms with Gasteiger partial charge in [-0.1, -0.05) is 37.3 Å². The van der Waals surface area contributed by atoms with E-state index in [-0.39, 0.29) is 6.10 Å². The Balaban J connectivity index is 1.89. The van der Waals surface area contributed by atoms with E-state index in [9.17, 15) is 0 Å². The molecule has 2 unspecified atom stereocenters. The molecule has 94 valence electrons. The van der Waals surface area contributed by atoms with Crippen LogP contribution in [0.3, 0.4) is 0 Å². The molecule has 1 aromatic carbocycles. The van der Waals surface area contributed by atoms with Gasteiger partial charge in [-0.3, -0.25) is 4.90 Å². The van der Waals surface area contributed by atoms with Crippen molar-refractivity contribution >= 4 is 0 Å². The van der Waals surface area contributed by atoms with Crippen molar-refractivity contribution in [2.75, 3.05) is 26.2 Å². The second-order valence-corrected chi connectivity index (χ2v) is 4.84. The van der Waals surface area contributed by atoms with Gasteiger partial charge in [0.25, 0.3) is 0 Å². The van der Waals surface area contributed by atoms with E-state index < -0.39 is 0 Å². The summed E-state index contributed by atoms with van der Waals surface area (Å²) in [6, 6.07) is 10.6. The van der Waals surface area contributed by atoms with E-state index in [1.165, 1.54) is 5.56 Å². The van der Waals surface area contributed by atoms with E-state index >= 15 is 0 Å². The molecule has 0 bridgehead atoms. The van der Waals surface area contributed by atoms with Crippen LogP contribution in [-0.2, 0) is 11.3 Å². The monoisotopic (exact) mass is 234 g/mol. The highest BCUT2D eigenvalue weighted by molar-refractivity contribution is 5.14. The molecule has 3 heteroatoms. The lowest BCUT2D eigenvalue weighted by molar-refractivity contribution is -0.0546. The van der Waals surface area contributed by atoms with Gasteiger partial charge in [0, 0.05) is 19.6 Å². The zero-order chi connectivity index (χ0) is 12.1. The molecule has 0 aromatic heterocycles. The van der Waals surface area contributed by atoms with Crippen molar-refractivity contribution in [3.05, 3.63) is 35.9 Å². The molecule has 2 rings (SSSR count). The molecule has 17 heavy (non-hydrogen) atoms. The van der Waals surface area contributed by atoms with Crippen molar-refractivity contribution in [3.63, 3.8) is 0 Å². The van der Waals surface area contributed by atoms with Crippen LogP contribution in [0.2, 0.25) is 0 Å². The van der Waals surface area contributed by atoms with Crippen LogP contribution >= 0.6 is 0 Å². The fraction of sp³-hybridized carbons (Fsp3) is 0.571. The van der Waals surface area contributed by atoms with Gasteiger partial charge in [-0.25, -0.2) is 0 Å². The third-order valence-electron chi connectivity index (χ3n) is 3.43. The van der Waals surface area contributed by atoms with Gasteiger partial charge in [-0.15, -0.1) is 0 Å². The summed E-state index contributed by atoms with van der Waals surface area (Å²) in [4.78, 5) is 2.45. The highest BCUT2D eigenvalue weighted by Crippen LogP contribution is 2.15. The first-order chi connectivity index (χ1) is 8.29. The molecule has 0 radical (unpaired) electrons. The highest BCUT2D eigenvalue weighted by atomic mass is 16.5. The first kappa shape index (κ1) is 12.6. The standard InChI is InChI=1S/C14H22N2O/c1-12(9-15)14-11-16(7-8-17-14)10-13-5-3-2-4-6-13/h2-6,12,14H,7-11,15H2,1H3. The lowest BCUT2D eigenvalue weighted by atomic mass is 10.0. The Morgan fingerprint density at radius 3 is 2.88 bits per heavy atom. The predicted octanol–water partition coefficient (Wildman–Crippen LogP) is 1.48. The van der Waals surface area contributed by atoms with Crippen molar-refractivity contribution in [1.29, 1.82) is 0 Å². The van der Waals surface area contributed by atoms with Gasteiger partial charge in [-0.2, -0.15) is 0 Å². The van der Waals surface area contributed by atoms with Crippen molar-refractivity contribution in [1.82, 2.24) is 4.90 Å². The summed E-state index contributed by atoms with van der Waals surface area (Å²) in [5.41, 5.74) is 7.07. The number of ether oxygens (including phenoxy) is 1. The molecule has 0 spiro atoms. The second kappa shape index (κ2) is 6.15. The molecular formula is C14H22N2O. The smallest absolute Gasteiger partial charge is 0.0740 e.